The van der Waals surface area contributed by atoms with Gasteiger partial charge in [0.1, 0.15) is 11.5 Å². The fraction of sp³-hybridized carbons (Fsp3) is 0.0870. The van der Waals surface area contributed by atoms with Crippen LogP contribution in [0, 0.1) is 0 Å². The summed E-state index contributed by atoms with van der Waals surface area (Å²) in [5.41, 5.74) is 1.40. The van der Waals surface area contributed by atoms with Crippen LogP contribution in [0.2, 0.25) is 0 Å². The first kappa shape index (κ1) is 19.8. The van der Waals surface area contributed by atoms with Crippen LogP contribution >= 0.6 is 27.7 Å². The first-order valence-corrected chi connectivity index (χ1v) is 11.4. The summed E-state index contributed by atoms with van der Waals surface area (Å²) < 4.78 is 7.15. The number of hydrogen-bond acceptors (Lipinski definition) is 6. The highest BCUT2D eigenvalue weighted by Gasteiger charge is 2.35. The van der Waals surface area contributed by atoms with Crippen molar-refractivity contribution >= 4 is 44.5 Å². The normalized spacial score (nSPS) is 17.3. The van der Waals surface area contributed by atoms with E-state index in [1.54, 1.807) is 11.1 Å². The van der Waals surface area contributed by atoms with E-state index in [0.717, 1.165) is 26.4 Å². The highest BCUT2D eigenvalue weighted by Crippen LogP contribution is 2.34. The zero-order valence-electron chi connectivity index (χ0n) is 16.3. The monoisotopic (exact) mass is 492 g/mol. The largest absolute Gasteiger partial charge is 0.457 e. The van der Waals surface area contributed by atoms with Gasteiger partial charge in [-0.1, -0.05) is 64.1 Å². The minimum absolute atomic E-state index is 0.215. The van der Waals surface area contributed by atoms with Gasteiger partial charge >= 0.3 is 0 Å². The number of amides is 1. The van der Waals surface area contributed by atoms with Crippen LogP contribution < -0.4 is 15.9 Å². The first-order valence-electron chi connectivity index (χ1n) is 9.60. The third kappa shape index (κ3) is 3.73. The molecule has 1 amide bonds. The van der Waals surface area contributed by atoms with Crippen LogP contribution in [0.3, 0.4) is 0 Å². The molecule has 2 aliphatic rings. The number of thioether (sulfide) groups is 1. The smallest absolute Gasteiger partial charge is 0.276 e. The third-order valence-electron chi connectivity index (χ3n) is 4.84. The minimum atomic E-state index is -0.587. The number of nitrogens with zero attached hydrogens (tertiary/aromatic N) is 3. The van der Waals surface area contributed by atoms with Crippen molar-refractivity contribution in [2.45, 2.75) is 6.17 Å². The van der Waals surface area contributed by atoms with E-state index in [0.29, 0.717) is 22.4 Å². The Labute approximate surface area is 191 Å². The zero-order valence-corrected chi connectivity index (χ0v) is 18.7. The molecule has 1 N–H and O–H groups in total. The quantitative estimate of drug-likeness (QED) is 0.562. The Balaban J connectivity index is 1.62. The van der Waals surface area contributed by atoms with E-state index < -0.39 is 6.17 Å². The Hall–Kier alpha value is -3.10. The SMILES string of the molecule is C=CCSC1=NN2C(=c3ccccc3=N[C@@H]2c2ccc(-c3cccc(Br)c3)o2)C(=O)N1. The van der Waals surface area contributed by atoms with Gasteiger partial charge in [-0.05, 0) is 30.3 Å². The number of hydrazone groups is 1. The molecule has 3 heterocycles. The number of halogens is 1. The fourth-order valence-electron chi connectivity index (χ4n) is 3.50. The van der Waals surface area contributed by atoms with Crippen molar-refractivity contribution in [1.29, 1.82) is 0 Å². The molecular formula is C23H17BrN4O2S. The summed E-state index contributed by atoms with van der Waals surface area (Å²) in [5.74, 6) is 1.74. The number of hydrogen-bond donors (Lipinski definition) is 1. The van der Waals surface area contributed by atoms with Crippen molar-refractivity contribution in [2.75, 3.05) is 5.75 Å². The molecule has 0 aliphatic carbocycles. The van der Waals surface area contributed by atoms with E-state index >= 15 is 0 Å². The van der Waals surface area contributed by atoms with Gasteiger partial charge in [-0.3, -0.25) is 10.1 Å². The van der Waals surface area contributed by atoms with Crippen LogP contribution in [0.1, 0.15) is 11.9 Å². The van der Waals surface area contributed by atoms with E-state index in [1.807, 2.05) is 60.7 Å². The lowest BCUT2D eigenvalue weighted by Gasteiger charge is -2.32. The molecule has 0 bridgehead atoms. The lowest BCUT2D eigenvalue weighted by atomic mass is 10.1. The Morgan fingerprint density at radius 3 is 2.90 bits per heavy atom. The molecule has 1 aromatic heterocycles. The van der Waals surface area contributed by atoms with Gasteiger partial charge in [0.15, 0.2) is 10.9 Å². The van der Waals surface area contributed by atoms with Gasteiger partial charge in [-0.15, -0.1) is 11.7 Å². The van der Waals surface area contributed by atoms with E-state index in [9.17, 15) is 4.79 Å². The Kier molecular flexibility index (Phi) is 5.25. The molecule has 0 spiro atoms. The van der Waals surface area contributed by atoms with Crippen molar-refractivity contribution in [3.8, 4) is 11.3 Å². The standard InChI is InChI=1S/C23H17BrN4O2S/c1-2-12-31-23-26-22(29)20-16-8-3-4-9-17(16)25-21(28(20)27-23)19-11-10-18(30-19)14-6-5-7-15(24)13-14/h2-11,13,21H,1,12H2,(H,26,27,29)/t21-/m0/s1. The molecule has 5 rings (SSSR count). The second-order valence-corrected chi connectivity index (χ2v) is 8.81. The third-order valence-corrected chi connectivity index (χ3v) is 6.20. The molecule has 0 fully saturated rings. The molecule has 0 saturated carbocycles. The molecule has 8 heteroatoms. The molecule has 3 aromatic rings. The summed E-state index contributed by atoms with van der Waals surface area (Å²) in [6, 6.07) is 19.2. The highest BCUT2D eigenvalue weighted by atomic mass is 79.9. The summed E-state index contributed by atoms with van der Waals surface area (Å²) in [5, 5.41) is 11.2. The summed E-state index contributed by atoms with van der Waals surface area (Å²) in [7, 11) is 0. The number of benzene rings is 2. The number of nitrogens with one attached hydrogen (secondary N) is 1. The van der Waals surface area contributed by atoms with E-state index in [-0.39, 0.29) is 5.91 Å². The number of carbonyl (C=O) groups is 1. The van der Waals surface area contributed by atoms with Crippen LogP contribution in [0.5, 0.6) is 0 Å². The zero-order chi connectivity index (χ0) is 21.4. The van der Waals surface area contributed by atoms with Crippen LogP contribution in [0.4, 0.5) is 0 Å². The minimum Gasteiger partial charge on any atom is -0.457 e. The topological polar surface area (TPSA) is 70.2 Å². The van der Waals surface area contributed by atoms with Gasteiger partial charge in [0.2, 0.25) is 6.17 Å². The lowest BCUT2D eigenvalue weighted by Crippen LogP contribution is -2.50. The summed E-state index contributed by atoms with van der Waals surface area (Å²) in [4.78, 5) is 17.9. The van der Waals surface area contributed by atoms with Crippen molar-refractivity contribution < 1.29 is 9.21 Å². The summed E-state index contributed by atoms with van der Waals surface area (Å²) in [6.07, 6.45) is 1.18. The second-order valence-electron chi connectivity index (χ2n) is 6.88. The first-order chi connectivity index (χ1) is 15.1. The maximum Gasteiger partial charge on any atom is 0.276 e. The predicted octanol–water partition coefficient (Wildman–Crippen LogP) is 3.77. The molecule has 0 radical (unpaired) electrons. The summed E-state index contributed by atoms with van der Waals surface area (Å²) >= 11 is 4.90. The van der Waals surface area contributed by atoms with Gasteiger partial charge in [-0.2, -0.15) is 0 Å². The molecule has 0 saturated heterocycles. The number of fused-ring (bicyclic) bond motifs is 2. The molecule has 2 aliphatic heterocycles. The molecule has 154 valence electrons. The van der Waals surface area contributed by atoms with Gasteiger partial charge in [0, 0.05) is 21.0 Å². The van der Waals surface area contributed by atoms with Crippen LogP contribution in [0.15, 0.2) is 92.3 Å². The molecule has 1 atom stereocenters. The van der Waals surface area contributed by atoms with E-state index in [4.69, 9.17) is 9.41 Å². The highest BCUT2D eigenvalue weighted by molar-refractivity contribution is 9.10. The van der Waals surface area contributed by atoms with Crippen LogP contribution in [-0.4, -0.2) is 21.8 Å². The van der Waals surface area contributed by atoms with Gasteiger partial charge in [0.05, 0.1) is 5.36 Å². The second kappa shape index (κ2) is 8.20. The van der Waals surface area contributed by atoms with Gasteiger partial charge < -0.3 is 4.42 Å². The molecule has 6 nitrogen and oxygen atoms in total. The molecule has 2 aromatic carbocycles. The molecular weight excluding hydrogens is 476 g/mol. The Morgan fingerprint density at radius 2 is 2.06 bits per heavy atom. The van der Waals surface area contributed by atoms with Crippen molar-refractivity contribution in [3.63, 3.8) is 0 Å². The predicted molar refractivity (Wildman–Crippen MR) is 125 cm³/mol. The Morgan fingerprint density at radius 1 is 1.19 bits per heavy atom. The van der Waals surface area contributed by atoms with E-state index in [2.05, 4.69) is 32.9 Å². The van der Waals surface area contributed by atoms with Crippen molar-refractivity contribution in [3.05, 3.63) is 94.1 Å². The van der Waals surface area contributed by atoms with Crippen LogP contribution in [0.25, 0.3) is 17.0 Å². The molecule has 31 heavy (non-hydrogen) atoms. The Bertz CT molecular complexity index is 1350. The average molecular weight is 493 g/mol. The van der Waals surface area contributed by atoms with Gasteiger partial charge in [-0.25, -0.2) is 10.0 Å². The lowest BCUT2D eigenvalue weighted by molar-refractivity contribution is -0.116. The van der Waals surface area contributed by atoms with Crippen molar-refractivity contribution in [2.24, 2.45) is 10.1 Å². The molecule has 0 unspecified atom stereocenters. The number of rotatable bonds is 4. The van der Waals surface area contributed by atoms with Crippen molar-refractivity contribution in [1.82, 2.24) is 10.3 Å². The van der Waals surface area contributed by atoms with Gasteiger partial charge in [0.25, 0.3) is 5.91 Å². The number of furan rings is 1. The summed E-state index contributed by atoms with van der Waals surface area (Å²) in [6.45, 7) is 3.73. The number of carbonyl (C=O) groups excluding carboxylic acids is 1. The maximum atomic E-state index is 13.0. The average Bonchev–Trinajstić information content (AvgIpc) is 3.27. The number of amidine groups is 1. The number of para-hydroxylation sites is 1. The fourth-order valence-corrected chi connectivity index (χ4v) is 4.49. The van der Waals surface area contributed by atoms with Crippen LogP contribution in [-0.2, 0) is 4.79 Å². The maximum absolute atomic E-state index is 13.0. The van der Waals surface area contributed by atoms with E-state index in [1.165, 1.54) is 11.8 Å².